The number of rotatable bonds is 4. The average Bonchev–Trinajstić information content (AvgIpc) is 2.14. The fourth-order valence-electron chi connectivity index (χ4n) is 0.924. The minimum absolute atomic E-state index is 0.613. The van der Waals surface area contributed by atoms with Crippen molar-refractivity contribution in [2.24, 2.45) is 0 Å². The maximum Gasteiger partial charge on any atom is 0.123 e. The number of aromatic nitrogens is 1. The van der Waals surface area contributed by atoms with Crippen LogP contribution in [-0.4, -0.2) is 10.2 Å². The summed E-state index contributed by atoms with van der Waals surface area (Å²) in [6.45, 7) is 4.43. The molecule has 0 fully saturated rings. The van der Waals surface area contributed by atoms with E-state index in [0.717, 1.165) is 11.4 Å². The Balaban J connectivity index is 2.45. The zero-order valence-electron chi connectivity index (χ0n) is 8.16. The molecular formula is C10H16N2S. The largest absolute Gasteiger partial charge is 0.384 e. The lowest BCUT2D eigenvalue weighted by atomic mass is 10.4. The predicted octanol–water partition coefficient (Wildman–Crippen LogP) is 2.70. The molecule has 0 saturated heterocycles. The highest BCUT2D eigenvalue weighted by Gasteiger charge is 2.00. The molecule has 1 atom stereocenters. The molecule has 13 heavy (non-hydrogen) atoms. The van der Waals surface area contributed by atoms with Crippen LogP contribution in [0.3, 0.4) is 0 Å². The van der Waals surface area contributed by atoms with Crippen LogP contribution < -0.4 is 5.73 Å². The Morgan fingerprint density at radius 1 is 1.54 bits per heavy atom. The minimum Gasteiger partial charge on any atom is -0.384 e. The zero-order chi connectivity index (χ0) is 9.68. The van der Waals surface area contributed by atoms with Crippen molar-refractivity contribution in [1.29, 1.82) is 0 Å². The molecule has 0 aromatic carbocycles. The molecule has 0 amide bonds. The Bertz CT molecular complexity index is 263. The molecular weight excluding hydrogens is 180 g/mol. The van der Waals surface area contributed by atoms with E-state index in [0.29, 0.717) is 11.1 Å². The fraction of sp³-hybridized carbons (Fsp3) is 0.500. The SMILES string of the molecule is CCC(C)SCc1cccc(N)n1. The molecule has 72 valence electrons. The van der Waals surface area contributed by atoms with E-state index < -0.39 is 0 Å². The van der Waals surface area contributed by atoms with E-state index in [-0.39, 0.29) is 0 Å². The number of nitrogens with two attached hydrogens (primary N) is 1. The van der Waals surface area contributed by atoms with Crippen molar-refractivity contribution in [1.82, 2.24) is 4.98 Å². The molecule has 0 aliphatic rings. The molecule has 2 nitrogen and oxygen atoms in total. The van der Waals surface area contributed by atoms with Crippen LogP contribution in [0.4, 0.5) is 5.82 Å². The summed E-state index contributed by atoms with van der Waals surface area (Å²) in [7, 11) is 0. The van der Waals surface area contributed by atoms with Crippen molar-refractivity contribution < 1.29 is 0 Å². The van der Waals surface area contributed by atoms with Gasteiger partial charge in [-0.25, -0.2) is 4.98 Å². The van der Waals surface area contributed by atoms with Crippen molar-refractivity contribution in [3.8, 4) is 0 Å². The van der Waals surface area contributed by atoms with Crippen molar-refractivity contribution in [3.05, 3.63) is 23.9 Å². The van der Waals surface area contributed by atoms with Gasteiger partial charge in [0.05, 0.1) is 5.69 Å². The summed E-state index contributed by atoms with van der Waals surface area (Å²) in [6, 6.07) is 5.79. The molecule has 2 N–H and O–H groups in total. The van der Waals surface area contributed by atoms with E-state index in [9.17, 15) is 0 Å². The second kappa shape index (κ2) is 5.12. The van der Waals surface area contributed by atoms with Crippen molar-refractivity contribution in [2.75, 3.05) is 5.73 Å². The molecule has 0 aliphatic carbocycles. The third-order valence-corrected chi connectivity index (χ3v) is 3.28. The van der Waals surface area contributed by atoms with Crippen LogP contribution in [0.1, 0.15) is 26.0 Å². The van der Waals surface area contributed by atoms with Gasteiger partial charge in [0.15, 0.2) is 0 Å². The third kappa shape index (κ3) is 3.68. The normalized spacial score (nSPS) is 12.8. The Morgan fingerprint density at radius 2 is 2.31 bits per heavy atom. The lowest BCUT2D eigenvalue weighted by molar-refractivity contribution is 0.904. The monoisotopic (exact) mass is 196 g/mol. The van der Waals surface area contributed by atoms with Crippen LogP contribution in [0.5, 0.6) is 0 Å². The predicted molar refractivity (Wildman–Crippen MR) is 59.7 cm³/mol. The number of hydrogen-bond donors (Lipinski definition) is 1. The van der Waals surface area contributed by atoms with Gasteiger partial charge in [0.1, 0.15) is 5.82 Å². The number of hydrogen-bond acceptors (Lipinski definition) is 3. The second-order valence-corrected chi connectivity index (χ2v) is 4.51. The molecule has 0 radical (unpaired) electrons. The first-order valence-corrected chi connectivity index (χ1v) is 5.60. The maximum absolute atomic E-state index is 5.58. The van der Waals surface area contributed by atoms with Crippen LogP contribution in [0.2, 0.25) is 0 Å². The van der Waals surface area contributed by atoms with Crippen LogP contribution in [0.15, 0.2) is 18.2 Å². The van der Waals surface area contributed by atoms with E-state index in [1.165, 1.54) is 6.42 Å². The van der Waals surface area contributed by atoms with Crippen molar-refractivity contribution >= 4 is 17.6 Å². The second-order valence-electron chi connectivity index (χ2n) is 3.08. The first-order valence-electron chi connectivity index (χ1n) is 4.55. The third-order valence-electron chi connectivity index (χ3n) is 1.92. The number of anilines is 1. The summed E-state index contributed by atoms with van der Waals surface area (Å²) in [5.74, 6) is 1.57. The number of nitrogens with zero attached hydrogens (tertiary/aromatic N) is 1. The quantitative estimate of drug-likeness (QED) is 0.804. The lowest BCUT2D eigenvalue weighted by Crippen LogP contribution is -1.97. The van der Waals surface area contributed by atoms with E-state index in [2.05, 4.69) is 18.8 Å². The first kappa shape index (κ1) is 10.4. The topological polar surface area (TPSA) is 38.9 Å². The average molecular weight is 196 g/mol. The van der Waals surface area contributed by atoms with E-state index in [1.54, 1.807) is 0 Å². The van der Waals surface area contributed by atoms with Gasteiger partial charge in [-0.15, -0.1) is 0 Å². The van der Waals surface area contributed by atoms with Gasteiger partial charge in [-0.05, 0) is 18.6 Å². The maximum atomic E-state index is 5.58. The highest BCUT2D eigenvalue weighted by atomic mass is 32.2. The summed E-state index contributed by atoms with van der Waals surface area (Å²) in [6.07, 6.45) is 1.20. The van der Waals surface area contributed by atoms with Gasteiger partial charge in [-0.3, -0.25) is 0 Å². The highest BCUT2D eigenvalue weighted by molar-refractivity contribution is 7.99. The van der Waals surface area contributed by atoms with Crippen LogP contribution in [0, 0.1) is 0 Å². The van der Waals surface area contributed by atoms with Gasteiger partial charge in [0, 0.05) is 11.0 Å². The molecule has 0 saturated carbocycles. The molecule has 1 rings (SSSR count). The van der Waals surface area contributed by atoms with Crippen molar-refractivity contribution in [3.63, 3.8) is 0 Å². The Kier molecular flexibility index (Phi) is 4.09. The van der Waals surface area contributed by atoms with Gasteiger partial charge in [-0.2, -0.15) is 11.8 Å². The smallest absolute Gasteiger partial charge is 0.123 e. The van der Waals surface area contributed by atoms with Crippen LogP contribution in [-0.2, 0) is 5.75 Å². The Morgan fingerprint density at radius 3 is 2.92 bits per heavy atom. The summed E-state index contributed by atoms with van der Waals surface area (Å²) in [4.78, 5) is 4.24. The van der Waals surface area contributed by atoms with E-state index in [4.69, 9.17) is 5.73 Å². The molecule has 1 aromatic heterocycles. The lowest BCUT2D eigenvalue weighted by Gasteiger charge is -2.07. The summed E-state index contributed by atoms with van der Waals surface area (Å²) < 4.78 is 0. The Labute approximate surface area is 83.9 Å². The standard InChI is InChI=1S/C10H16N2S/c1-3-8(2)13-7-9-5-4-6-10(11)12-9/h4-6,8H,3,7H2,1-2H3,(H2,11,12). The number of nitrogen functional groups attached to an aromatic ring is 1. The van der Waals surface area contributed by atoms with Gasteiger partial charge in [-0.1, -0.05) is 19.9 Å². The van der Waals surface area contributed by atoms with Gasteiger partial charge >= 0.3 is 0 Å². The van der Waals surface area contributed by atoms with Crippen LogP contribution >= 0.6 is 11.8 Å². The summed E-state index contributed by atoms with van der Waals surface area (Å²) in [5.41, 5.74) is 6.65. The highest BCUT2D eigenvalue weighted by Crippen LogP contribution is 2.18. The Hall–Kier alpha value is -0.700. The van der Waals surface area contributed by atoms with E-state index >= 15 is 0 Å². The summed E-state index contributed by atoms with van der Waals surface area (Å²) >= 11 is 1.92. The molecule has 0 aliphatic heterocycles. The molecule has 1 aromatic rings. The van der Waals surface area contributed by atoms with Crippen molar-refractivity contribution in [2.45, 2.75) is 31.3 Å². The molecule has 3 heteroatoms. The van der Waals surface area contributed by atoms with Gasteiger partial charge in [0.2, 0.25) is 0 Å². The van der Waals surface area contributed by atoms with Gasteiger partial charge < -0.3 is 5.73 Å². The van der Waals surface area contributed by atoms with Gasteiger partial charge in [0.25, 0.3) is 0 Å². The van der Waals surface area contributed by atoms with Crippen LogP contribution in [0.25, 0.3) is 0 Å². The molecule has 1 unspecified atom stereocenters. The van der Waals surface area contributed by atoms with E-state index in [1.807, 2.05) is 30.0 Å². The first-order chi connectivity index (χ1) is 6.22. The minimum atomic E-state index is 0.613. The molecule has 0 bridgehead atoms. The number of pyridine rings is 1. The number of thioether (sulfide) groups is 1. The molecule has 0 spiro atoms. The molecule has 1 heterocycles. The zero-order valence-corrected chi connectivity index (χ0v) is 8.97. The fourth-order valence-corrected chi connectivity index (χ4v) is 1.78. The summed E-state index contributed by atoms with van der Waals surface area (Å²) in [5, 5.41) is 0.697.